The van der Waals surface area contributed by atoms with Crippen molar-refractivity contribution in [1.82, 2.24) is 5.32 Å². The lowest BCUT2D eigenvalue weighted by Gasteiger charge is -2.07. The predicted molar refractivity (Wildman–Crippen MR) is 71.2 cm³/mol. The van der Waals surface area contributed by atoms with E-state index in [1.54, 1.807) is 6.92 Å². The molecule has 100 valence electrons. The number of rotatable bonds is 5. The average molecular weight is 291 g/mol. The molecule has 18 heavy (non-hydrogen) atoms. The number of nitrogens with one attached hydrogen (secondary N) is 1. The van der Waals surface area contributed by atoms with Crippen LogP contribution < -0.4 is 11.1 Å². The number of carbonyl (C=O) groups excluding carboxylic acids is 1. The topological polar surface area (TPSA) is 89.3 Å². The summed E-state index contributed by atoms with van der Waals surface area (Å²) in [5, 5.41) is 2.91. The Hall–Kier alpha value is -1.27. The smallest absolute Gasteiger partial charge is 0.221 e. The zero-order valence-electron chi connectivity index (χ0n) is 9.94. The van der Waals surface area contributed by atoms with Gasteiger partial charge in [0, 0.05) is 18.0 Å². The summed E-state index contributed by atoms with van der Waals surface area (Å²) in [6.45, 7) is 2.24. The Morgan fingerprint density at radius 3 is 2.67 bits per heavy atom. The molecule has 0 atom stereocenters. The molecule has 0 spiro atoms. The van der Waals surface area contributed by atoms with Crippen molar-refractivity contribution < 1.29 is 13.2 Å². The molecule has 5 nitrogen and oxygen atoms in total. The van der Waals surface area contributed by atoms with Crippen LogP contribution in [-0.4, -0.2) is 26.6 Å². The van der Waals surface area contributed by atoms with Crippen molar-refractivity contribution in [2.24, 2.45) is 0 Å². The van der Waals surface area contributed by atoms with E-state index in [2.05, 4.69) is 5.32 Å². The van der Waals surface area contributed by atoms with Gasteiger partial charge in [0.15, 0.2) is 9.84 Å². The number of carbonyl (C=O) groups is 1. The molecule has 1 aromatic rings. The minimum atomic E-state index is -3.57. The average Bonchev–Trinajstić information content (AvgIpc) is 2.26. The molecule has 0 aliphatic carbocycles. The van der Waals surface area contributed by atoms with E-state index in [4.69, 9.17) is 17.3 Å². The summed E-state index contributed by atoms with van der Waals surface area (Å²) >= 11 is 5.70. The van der Waals surface area contributed by atoms with Crippen molar-refractivity contribution in [3.8, 4) is 0 Å². The number of amides is 1. The zero-order valence-corrected chi connectivity index (χ0v) is 11.5. The Kier molecular flexibility index (Phi) is 4.98. The molecule has 0 saturated heterocycles. The molecule has 0 heterocycles. The van der Waals surface area contributed by atoms with Gasteiger partial charge in [-0.2, -0.15) is 0 Å². The molecule has 0 bridgehead atoms. The van der Waals surface area contributed by atoms with Crippen LogP contribution in [0.1, 0.15) is 13.3 Å². The number of halogens is 1. The van der Waals surface area contributed by atoms with Gasteiger partial charge >= 0.3 is 0 Å². The van der Waals surface area contributed by atoms with Crippen LogP contribution >= 0.6 is 11.6 Å². The molecular formula is C11H15ClN2O3S. The Balaban J connectivity index is 2.83. The number of nitrogens with two attached hydrogens (primary N) is 1. The molecular weight excluding hydrogens is 276 g/mol. The van der Waals surface area contributed by atoms with Gasteiger partial charge in [0.2, 0.25) is 5.91 Å². The van der Waals surface area contributed by atoms with E-state index in [0.29, 0.717) is 11.6 Å². The van der Waals surface area contributed by atoms with Gasteiger partial charge in [-0.05, 0) is 25.1 Å². The highest BCUT2D eigenvalue weighted by Gasteiger charge is 2.19. The van der Waals surface area contributed by atoms with Gasteiger partial charge in [-0.3, -0.25) is 4.79 Å². The second-order valence-electron chi connectivity index (χ2n) is 3.70. The minimum absolute atomic E-state index is 0.0104. The Morgan fingerprint density at radius 2 is 2.11 bits per heavy atom. The summed E-state index contributed by atoms with van der Waals surface area (Å²) in [5.41, 5.74) is 5.70. The first-order valence-electron chi connectivity index (χ1n) is 5.41. The van der Waals surface area contributed by atoms with Crippen molar-refractivity contribution in [3.05, 3.63) is 23.2 Å². The Labute approximate surface area is 111 Å². The molecule has 0 aromatic heterocycles. The summed E-state index contributed by atoms with van der Waals surface area (Å²) in [4.78, 5) is 11.2. The molecule has 3 N–H and O–H groups in total. The lowest BCUT2D eigenvalue weighted by atomic mass is 10.3. The number of anilines is 1. The third kappa shape index (κ3) is 3.89. The van der Waals surface area contributed by atoms with Crippen molar-refractivity contribution >= 4 is 33.0 Å². The standard InChI is InChI=1S/C11H15ClN2O3S/c1-2-14-11(15)5-6-18(16,17)10-4-3-8(12)7-9(10)13/h3-4,7H,2,5-6,13H2,1H3,(H,14,15). The normalized spacial score (nSPS) is 11.2. The Morgan fingerprint density at radius 1 is 1.44 bits per heavy atom. The van der Waals surface area contributed by atoms with Gasteiger partial charge in [0.1, 0.15) is 0 Å². The molecule has 0 saturated carbocycles. The summed E-state index contributed by atoms with van der Waals surface area (Å²) in [7, 11) is -3.57. The number of benzene rings is 1. The van der Waals surface area contributed by atoms with Gasteiger partial charge in [-0.1, -0.05) is 11.6 Å². The summed E-state index contributed by atoms with van der Waals surface area (Å²) in [6.07, 6.45) is -0.0851. The van der Waals surface area contributed by atoms with Crippen molar-refractivity contribution in [2.45, 2.75) is 18.2 Å². The van der Waals surface area contributed by atoms with Crippen LogP contribution in [-0.2, 0) is 14.6 Å². The first-order chi connectivity index (χ1) is 8.36. The highest BCUT2D eigenvalue weighted by Crippen LogP contribution is 2.23. The summed E-state index contributed by atoms with van der Waals surface area (Å²) in [6, 6.07) is 4.18. The number of hydrogen-bond acceptors (Lipinski definition) is 4. The van der Waals surface area contributed by atoms with E-state index >= 15 is 0 Å². The van der Waals surface area contributed by atoms with Gasteiger partial charge in [-0.15, -0.1) is 0 Å². The number of nitrogen functional groups attached to an aromatic ring is 1. The van der Waals surface area contributed by atoms with Crippen molar-refractivity contribution in [2.75, 3.05) is 18.0 Å². The van der Waals surface area contributed by atoms with E-state index in [0.717, 1.165) is 0 Å². The minimum Gasteiger partial charge on any atom is -0.398 e. The number of hydrogen-bond donors (Lipinski definition) is 2. The van der Waals surface area contributed by atoms with Crippen LogP contribution in [0.25, 0.3) is 0 Å². The predicted octanol–water partition coefficient (Wildman–Crippen LogP) is 1.22. The second-order valence-corrected chi connectivity index (χ2v) is 6.22. The van der Waals surface area contributed by atoms with Crippen LogP contribution in [0.4, 0.5) is 5.69 Å². The lowest BCUT2D eigenvalue weighted by molar-refractivity contribution is -0.120. The van der Waals surface area contributed by atoms with Crippen LogP contribution in [0.2, 0.25) is 5.02 Å². The van der Waals surface area contributed by atoms with Gasteiger partial charge in [-0.25, -0.2) is 8.42 Å². The first-order valence-corrected chi connectivity index (χ1v) is 7.44. The molecule has 1 rings (SSSR count). The van der Waals surface area contributed by atoms with E-state index in [9.17, 15) is 13.2 Å². The number of sulfone groups is 1. The van der Waals surface area contributed by atoms with E-state index in [1.165, 1.54) is 18.2 Å². The Bertz CT molecular complexity index is 543. The SMILES string of the molecule is CCNC(=O)CCS(=O)(=O)c1ccc(Cl)cc1N. The van der Waals surface area contributed by atoms with Gasteiger partial charge in [0.05, 0.1) is 16.3 Å². The monoisotopic (exact) mass is 290 g/mol. The maximum absolute atomic E-state index is 12.0. The lowest BCUT2D eigenvalue weighted by Crippen LogP contribution is -2.25. The van der Waals surface area contributed by atoms with E-state index in [-0.39, 0.29) is 28.7 Å². The van der Waals surface area contributed by atoms with Gasteiger partial charge in [0.25, 0.3) is 0 Å². The zero-order chi connectivity index (χ0) is 13.8. The molecule has 7 heteroatoms. The van der Waals surface area contributed by atoms with Crippen LogP contribution in [0.15, 0.2) is 23.1 Å². The quantitative estimate of drug-likeness (QED) is 0.798. The summed E-state index contributed by atoms with van der Waals surface area (Å²) in [5.74, 6) is -0.571. The molecule has 1 amide bonds. The fourth-order valence-electron chi connectivity index (χ4n) is 1.43. The maximum atomic E-state index is 12.0. The summed E-state index contributed by atoms with van der Waals surface area (Å²) < 4.78 is 23.9. The third-order valence-corrected chi connectivity index (χ3v) is 4.30. The van der Waals surface area contributed by atoms with Crippen LogP contribution in [0.5, 0.6) is 0 Å². The fraction of sp³-hybridized carbons (Fsp3) is 0.364. The van der Waals surface area contributed by atoms with E-state index in [1.807, 2.05) is 0 Å². The van der Waals surface area contributed by atoms with Crippen molar-refractivity contribution in [3.63, 3.8) is 0 Å². The molecule has 0 fully saturated rings. The first kappa shape index (κ1) is 14.8. The largest absolute Gasteiger partial charge is 0.398 e. The molecule has 0 aliphatic rings. The molecule has 0 radical (unpaired) electrons. The fourth-order valence-corrected chi connectivity index (χ4v) is 2.97. The molecule has 0 unspecified atom stereocenters. The van der Waals surface area contributed by atoms with Crippen molar-refractivity contribution in [1.29, 1.82) is 0 Å². The van der Waals surface area contributed by atoms with E-state index < -0.39 is 9.84 Å². The molecule has 1 aromatic carbocycles. The maximum Gasteiger partial charge on any atom is 0.221 e. The van der Waals surface area contributed by atoms with Gasteiger partial charge < -0.3 is 11.1 Å². The molecule has 0 aliphatic heterocycles. The van der Waals surface area contributed by atoms with Crippen LogP contribution in [0.3, 0.4) is 0 Å². The highest BCUT2D eigenvalue weighted by atomic mass is 35.5. The second kappa shape index (κ2) is 6.06. The van der Waals surface area contributed by atoms with Crippen LogP contribution in [0, 0.1) is 0 Å². The highest BCUT2D eigenvalue weighted by molar-refractivity contribution is 7.91. The third-order valence-electron chi connectivity index (χ3n) is 2.28.